The zero-order valence-electron chi connectivity index (χ0n) is 9.76. The first-order valence-electron chi connectivity index (χ1n) is 5.34. The number of carbonyl (C=O) groups excluding carboxylic acids is 1. The van der Waals surface area contributed by atoms with E-state index in [1.165, 1.54) is 13.4 Å². The van der Waals surface area contributed by atoms with Gasteiger partial charge in [-0.2, -0.15) is 0 Å². The van der Waals surface area contributed by atoms with Crippen LogP contribution in [0.15, 0.2) is 30.6 Å². The fraction of sp³-hybridized carbons (Fsp3) is 0.154. The molecule has 0 aliphatic rings. The third-order valence-electron chi connectivity index (χ3n) is 2.43. The van der Waals surface area contributed by atoms with Gasteiger partial charge in [-0.05, 0) is 17.7 Å². The van der Waals surface area contributed by atoms with Crippen LogP contribution in [0.1, 0.15) is 12.0 Å². The highest BCUT2D eigenvalue weighted by Gasteiger charge is 2.01. The molecule has 0 fully saturated rings. The van der Waals surface area contributed by atoms with Crippen molar-refractivity contribution in [2.75, 3.05) is 7.11 Å². The number of esters is 1. The van der Waals surface area contributed by atoms with Gasteiger partial charge in [0.2, 0.25) is 0 Å². The molecule has 0 aliphatic heterocycles. The van der Waals surface area contributed by atoms with Gasteiger partial charge in [-0.1, -0.05) is 29.8 Å². The van der Waals surface area contributed by atoms with Gasteiger partial charge in [0.15, 0.2) is 0 Å². The molecule has 0 unspecified atom stereocenters. The molecule has 0 aliphatic carbocycles. The number of carbonyl (C=O) groups is 1. The van der Waals surface area contributed by atoms with Gasteiger partial charge in [-0.3, -0.25) is 4.79 Å². The van der Waals surface area contributed by atoms with Crippen LogP contribution in [0.5, 0.6) is 0 Å². The number of fused-ring (bicyclic) bond motifs is 1. The molecule has 18 heavy (non-hydrogen) atoms. The van der Waals surface area contributed by atoms with Gasteiger partial charge in [-0.25, -0.2) is 9.97 Å². The number of benzene rings is 1. The topological polar surface area (TPSA) is 52.1 Å². The number of ether oxygens (including phenoxy) is 1. The lowest BCUT2D eigenvalue weighted by Gasteiger charge is -2.00. The lowest BCUT2D eigenvalue weighted by atomic mass is 10.1. The number of methoxy groups -OCH3 is 1. The monoisotopic (exact) mass is 262 g/mol. The summed E-state index contributed by atoms with van der Waals surface area (Å²) in [5.74, 6) is -0.266. The largest absolute Gasteiger partial charge is 0.469 e. The van der Waals surface area contributed by atoms with Gasteiger partial charge >= 0.3 is 5.97 Å². The van der Waals surface area contributed by atoms with Crippen LogP contribution in [0.4, 0.5) is 0 Å². The predicted octanol–water partition coefficient (Wildman–Crippen LogP) is 2.86. The van der Waals surface area contributed by atoms with E-state index in [0.717, 1.165) is 16.5 Å². The SMILES string of the molecule is COC(=O)CC=Cc1ccc2c(Cl)ncnc2c1. The molecule has 1 heterocycles. The summed E-state index contributed by atoms with van der Waals surface area (Å²) in [6.07, 6.45) is 5.26. The molecule has 0 N–H and O–H groups in total. The van der Waals surface area contributed by atoms with Crippen molar-refractivity contribution in [1.29, 1.82) is 0 Å². The summed E-state index contributed by atoms with van der Waals surface area (Å²) in [5, 5.41) is 1.24. The van der Waals surface area contributed by atoms with Crippen molar-refractivity contribution in [3.05, 3.63) is 41.3 Å². The third-order valence-corrected chi connectivity index (χ3v) is 2.74. The Morgan fingerprint density at radius 3 is 3.06 bits per heavy atom. The highest BCUT2D eigenvalue weighted by molar-refractivity contribution is 6.34. The zero-order valence-corrected chi connectivity index (χ0v) is 10.5. The van der Waals surface area contributed by atoms with Crippen molar-refractivity contribution in [1.82, 2.24) is 9.97 Å². The maximum atomic E-state index is 10.9. The lowest BCUT2D eigenvalue weighted by Crippen LogP contribution is -1.96. The Hall–Kier alpha value is -1.94. The molecule has 5 heteroatoms. The van der Waals surface area contributed by atoms with Crippen molar-refractivity contribution in [2.24, 2.45) is 0 Å². The first-order valence-corrected chi connectivity index (χ1v) is 5.72. The van der Waals surface area contributed by atoms with Crippen LogP contribution in [-0.4, -0.2) is 23.0 Å². The Morgan fingerprint density at radius 2 is 2.28 bits per heavy atom. The molecule has 1 aromatic heterocycles. The Labute approximate surface area is 109 Å². The number of halogens is 1. The van der Waals surface area contributed by atoms with Gasteiger partial charge in [0.1, 0.15) is 11.5 Å². The summed E-state index contributed by atoms with van der Waals surface area (Å²) in [4.78, 5) is 19.0. The van der Waals surface area contributed by atoms with E-state index in [4.69, 9.17) is 11.6 Å². The number of hydrogen-bond acceptors (Lipinski definition) is 4. The maximum absolute atomic E-state index is 10.9. The molecule has 4 nitrogen and oxygen atoms in total. The normalized spacial score (nSPS) is 11.0. The molecule has 0 atom stereocenters. The van der Waals surface area contributed by atoms with Gasteiger partial charge in [0, 0.05) is 5.39 Å². The predicted molar refractivity (Wildman–Crippen MR) is 70.2 cm³/mol. The minimum atomic E-state index is -0.266. The number of rotatable bonds is 3. The highest BCUT2D eigenvalue weighted by Crippen LogP contribution is 2.20. The van der Waals surface area contributed by atoms with Crippen LogP contribution in [0.25, 0.3) is 17.0 Å². The van der Waals surface area contributed by atoms with Crippen molar-refractivity contribution in [3.8, 4) is 0 Å². The highest BCUT2D eigenvalue weighted by atomic mass is 35.5. The fourth-order valence-corrected chi connectivity index (χ4v) is 1.72. The van der Waals surface area contributed by atoms with Crippen LogP contribution in [0.3, 0.4) is 0 Å². The second kappa shape index (κ2) is 5.60. The molecule has 0 bridgehead atoms. The molecular weight excluding hydrogens is 252 g/mol. The second-order valence-corrected chi connectivity index (χ2v) is 3.98. The van der Waals surface area contributed by atoms with Crippen molar-refractivity contribution < 1.29 is 9.53 Å². The van der Waals surface area contributed by atoms with Gasteiger partial charge in [0.25, 0.3) is 0 Å². The second-order valence-electron chi connectivity index (χ2n) is 3.62. The van der Waals surface area contributed by atoms with Crippen molar-refractivity contribution >= 4 is 34.5 Å². The molecule has 2 aromatic rings. The smallest absolute Gasteiger partial charge is 0.309 e. The summed E-state index contributed by atoms with van der Waals surface area (Å²) in [7, 11) is 1.37. The van der Waals surface area contributed by atoms with Crippen molar-refractivity contribution in [2.45, 2.75) is 6.42 Å². The molecule has 0 spiro atoms. The van der Waals surface area contributed by atoms with Crippen molar-refractivity contribution in [3.63, 3.8) is 0 Å². The minimum absolute atomic E-state index is 0.249. The molecule has 0 radical (unpaired) electrons. The quantitative estimate of drug-likeness (QED) is 0.630. The Kier molecular flexibility index (Phi) is 3.89. The van der Waals surface area contributed by atoms with Crippen LogP contribution in [-0.2, 0) is 9.53 Å². The summed E-state index contributed by atoms with van der Waals surface area (Å²) >= 11 is 5.94. The van der Waals surface area contributed by atoms with Gasteiger partial charge < -0.3 is 4.74 Å². The molecule has 0 saturated carbocycles. The average Bonchev–Trinajstić information content (AvgIpc) is 2.38. The Bertz CT molecular complexity index is 611. The Morgan fingerprint density at radius 1 is 1.44 bits per heavy atom. The van der Waals surface area contributed by atoms with Crippen LogP contribution < -0.4 is 0 Å². The third kappa shape index (κ3) is 2.84. The molecule has 0 saturated heterocycles. The zero-order chi connectivity index (χ0) is 13.0. The number of hydrogen-bond donors (Lipinski definition) is 0. The van der Waals surface area contributed by atoms with E-state index in [1.54, 1.807) is 6.08 Å². The average molecular weight is 263 g/mol. The summed E-state index contributed by atoms with van der Waals surface area (Å²) in [6.45, 7) is 0. The molecular formula is C13H11ClN2O2. The number of nitrogens with zero attached hydrogens (tertiary/aromatic N) is 2. The molecule has 0 amide bonds. The molecule has 1 aromatic carbocycles. The maximum Gasteiger partial charge on any atom is 0.309 e. The fourth-order valence-electron chi connectivity index (χ4n) is 1.52. The van der Waals surface area contributed by atoms with Gasteiger partial charge in [-0.15, -0.1) is 0 Å². The van der Waals surface area contributed by atoms with E-state index in [0.29, 0.717) is 5.15 Å². The first kappa shape index (κ1) is 12.5. The van der Waals surface area contributed by atoms with E-state index in [9.17, 15) is 4.79 Å². The van der Waals surface area contributed by atoms with E-state index in [-0.39, 0.29) is 12.4 Å². The molecule has 92 valence electrons. The standard InChI is InChI=1S/C13H11ClN2O2/c1-18-12(17)4-2-3-9-5-6-10-11(7-9)15-8-16-13(10)14/h2-3,5-8H,4H2,1H3. The minimum Gasteiger partial charge on any atom is -0.469 e. The first-order chi connectivity index (χ1) is 8.70. The van der Waals surface area contributed by atoms with E-state index in [2.05, 4.69) is 14.7 Å². The van der Waals surface area contributed by atoms with Gasteiger partial charge in [0.05, 0.1) is 19.0 Å². The van der Waals surface area contributed by atoms with Crippen LogP contribution in [0, 0.1) is 0 Å². The Balaban J connectivity index is 2.23. The summed E-state index contributed by atoms with van der Waals surface area (Å²) in [5.41, 5.74) is 1.72. The van der Waals surface area contributed by atoms with Crippen LogP contribution in [0.2, 0.25) is 5.15 Å². The molecule has 2 rings (SSSR count). The van der Waals surface area contributed by atoms with Crippen LogP contribution >= 0.6 is 11.6 Å². The van der Waals surface area contributed by atoms with E-state index >= 15 is 0 Å². The van der Waals surface area contributed by atoms with E-state index < -0.39 is 0 Å². The van der Waals surface area contributed by atoms with E-state index in [1.807, 2.05) is 24.3 Å². The number of aromatic nitrogens is 2. The summed E-state index contributed by atoms with van der Waals surface area (Å²) < 4.78 is 4.55. The summed E-state index contributed by atoms with van der Waals surface area (Å²) in [6, 6.07) is 5.64. The lowest BCUT2D eigenvalue weighted by molar-refractivity contribution is -0.139.